The van der Waals surface area contributed by atoms with Crippen molar-refractivity contribution in [3.63, 3.8) is 0 Å². The van der Waals surface area contributed by atoms with Crippen LogP contribution in [0.3, 0.4) is 0 Å². The standard InChI is InChI=1S/C11H22N2O2/c1-7(2)13-10(15)6-12-8-5-9(14)11(8,3)4/h7-9,12,14H,5-6H2,1-4H3,(H,13,15). The van der Waals surface area contributed by atoms with E-state index in [1.807, 2.05) is 27.7 Å². The number of hydrogen-bond acceptors (Lipinski definition) is 3. The minimum absolute atomic E-state index is 0.0159. The zero-order valence-electron chi connectivity index (χ0n) is 10.0. The Morgan fingerprint density at radius 2 is 2.13 bits per heavy atom. The van der Waals surface area contributed by atoms with E-state index in [1.165, 1.54) is 0 Å². The van der Waals surface area contributed by atoms with E-state index in [0.29, 0.717) is 6.54 Å². The van der Waals surface area contributed by atoms with Crippen LogP contribution in [0.15, 0.2) is 0 Å². The summed E-state index contributed by atoms with van der Waals surface area (Å²) in [7, 11) is 0. The van der Waals surface area contributed by atoms with E-state index in [-0.39, 0.29) is 29.5 Å². The second-order valence-corrected chi connectivity index (χ2v) is 5.23. The SMILES string of the molecule is CC(C)NC(=O)CNC1CC(O)C1(C)C. The molecule has 0 aromatic rings. The predicted octanol–water partition coefficient (Wildman–Crippen LogP) is 0.260. The molecule has 1 aliphatic rings. The monoisotopic (exact) mass is 214 g/mol. The quantitative estimate of drug-likeness (QED) is 0.629. The number of aliphatic hydroxyl groups excluding tert-OH is 1. The van der Waals surface area contributed by atoms with Crippen molar-refractivity contribution in [2.24, 2.45) is 5.41 Å². The van der Waals surface area contributed by atoms with Gasteiger partial charge in [0, 0.05) is 17.5 Å². The van der Waals surface area contributed by atoms with E-state index in [9.17, 15) is 9.90 Å². The molecule has 0 aromatic carbocycles. The van der Waals surface area contributed by atoms with Gasteiger partial charge in [-0.05, 0) is 20.3 Å². The Balaban J connectivity index is 2.24. The highest BCUT2D eigenvalue weighted by Gasteiger charge is 2.46. The number of amides is 1. The van der Waals surface area contributed by atoms with Crippen LogP contribution in [0.1, 0.15) is 34.1 Å². The highest BCUT2D eigenvalue weighted by Crippen LogP contribution is 2.40. The zero-order valence-corrected chi connectivity index (χ0v) is 10.0. The van der Waals surface area contributed by atoms with Crippen LogP contribution in [-0.4, -0.2) is 35.7 Å². The van der Waals surface area contributed by atoms with E-state index in [1.54, 1.807) is 0 Å². The normalized spacial score (nSPS) is 28.7. The second-order valence-electron chi connectivity index (χ2n) is 5.23. The van der Waals surface area contributed by atoms with Gasteiger partial charge in [0.25, 0.3) is 0 Å². The van der Waals surface area contributed by atoms with Crippen molar-refractivity contribution < 1.29 is 9.90 Å². The summed E-state index contributed by atoms with van der Waals surface area (Å²) in [4.78, 5) is 11.4. The molecule has 88 valence electrons. The van der Waals surface area contributed by atoms with Gasteiger partial charge >= 0.3 is 0 Å². The van der Waals surface area contributed by atoms with Crippen molar-refractivity contribution in [3.8, 4) is 0 Å². The molecule has 0 radical (unpaired) electrons. The summed E-state index contributed by atoms with van der Waals surface area (Å²) in [6.07, 6.45) is 0.491. The summed E-state index contributed by atoms with van der Waals surface area (Å²) in [5.74, 6) is 0.0159. The van der Waals surface area contributed by atoms with Gasteiger partial charge in [-0.2, -0.15) is 0 Å². The van der Waals surface area contributed by atoms with Gasteiger partial charge in [-0.3, -0.25) is 4.79 Å². The molecule has 1 saturated carbocycles. The van der Waals surface area contributed by atoms with Crippen LogP contribution in [0.25, 0.3) is 0 Å². The Labute approximate surface area is 91.4 Å². The first-order chi connectivity index (χ1) is 6.84. The lowest BCUT2D eigenvalue weighted by molar-refractivity contribution is -0.122. The molecule has 15 heavy (non-hydrogen) atoms. The van der Waals surface area contributed by atoms with Gasteiger partial charge in [-0.25, -0.2) is 0 Å². The molecule has 0 spiro atoms. The lowest BCUT2D eigenvalue weighted by atomic mass is 9.64. The predicted molar refractivity (Wildman–Crippen MR) is 59.5 cm³/mol. The molecule has 0 saturated heterocycles. The van der Waals surface area contributed by atoms with Crippen LogP contribution in [0, 0.1) is 5.41 Å². The average Bonchev–Trinajstić information content (AvgIpc) is 2.10. The smallest absolute Gasteiger partial charge is 0.234 e. The van der Waals surface area contributed by atoms with Crippen LogP contribution < -0.4 is 10.6 Å². The summed E-state index contributed by atoms with van der Waals surface area (Å²) in [5.41, 5.74) is -0.113. The highest BCUT2D eigenvalue weighted by molar-refractivity contribution is 5.78. The van der Waals surface area contributed by atoms with Crippen molar-refractivity contribution in [1.82, 2.24) is 10.6 Å². The van der Waals surface area contributed by atoms with Crippen LogP contribution >= 0.6 is 0 Å². The average molecular weight is 214 g/mol. The Hall–Kier alpha value is -0.610. The number of hydrogen-bond donors (Lipinski definition) is 3. The van der Waals surface area contributed by atoms with Crippen molar-refractivity contribution in [3.05, 3.63) is 0 Å². The fourth-order valence-electron chi connectivity index (χ4n) is 1.84. The molecular weight excluding hydrogens is 192 g/mol. The minimum Gasteiger partial charge on any atom is -0.392 e. The van der Waals surface area contributed by atoms with E-state index >= 15 is 0 Å². The zero-order chi connectivity index (χ0) is 11.6. The Morgan fingerprint density at radius 3 is 2.53 bits per heavy atom. The van der Waals surface area contributed by atoms with E-state index in [2.05, 4.69) is 10.6 Å². The minimum atomic E-state index is -0.247. The van der Waals surface area contributed by atoms with Gasteiger partial charge in [0.05, 0.1) is 12.6 Å². The maximum Gasteiger partial charge on any atom is 0.234 e. The third kappa shape index (κ3) is 2.92. The molecule has 3 N–H and O–H groups in total. The van der Waals surface area contributed by atoms with E-state index in [4.69, 9.17) is 0 Å². The lowest BCUT2D eigenvalue weighted by Crippen LogP contribution is -2.61. The molecule has 2 unspecified atom stereocenters. The molecule has 1 amide bonds. The van der Waals surface area contributed by atoms with Gasteiger partial charge in [0.15, 0.2) is 0 Å². The molecule has 0 bridgehead atoms. The summed E-state index contributed by atoms with van der Waals surface area (Å²) in [6.45, 7) is 8.24. The molecule has 1 fully saturated rings. The number of carbonyl (C=O) groups is 1. The summed E-state index contributed by atoms with van der Waals surface area (Å²) >= 11 is 0. The van der Waals surface area contributed by atoms with Crippen molar-refractivity contribution in [2.45, 2.75) is 52.3 Å². The Kier molecular flexibility index (Phi) is 3.73. The van der Waals surface area contributed by atoms with Crippen molar-refractivity contribution in [1.29, 1.82) is 0 Å². The first-order valence-corrected chi connectivity index (χ1v) is 5.55. The molecule has 1 rings (SSSR count). The summed E-state index contributed by atoms with van der Waals surface area (Å²) < 4.78 is 0. The topological polar surface area (TPSA) is 61.4 Å². The van der Waals surface area contributed by atoms with Gasteiger partial charge < -0.3 is 15.7 Å². The second kappa shape index (κ2) is 4.49. The summed E-state index contributed by atoms with van der Waals surface area (Å²) in [6, 6.07) is 0.421. The molecular formula is C11H22N2O2. The third-order valence-corrected chi connectivity index (χ3v) is 3.17. The first-order valence-electron chi connectivity index (χ1n) is 5.55. The van der Waals surface area contributed by atoms with Crippen molar-refractivity contribution in [2.75, 3.05) is 6.54 Å². The molecule has 4 nitrogen and oxygen atoms in total. The molecule has 0 aromatic heterocycles. The van der Waals surface area contributed by atoms with Gasteiger partial charge in [-0.15, -0.1) is 0 Å². The van der Waals surface area contributed by atoms with E-state index < -0.39 is 0 Å². The maximum absolute atomic E-state index is 11.4. The third-order valence-electron chi connectivity index (χ3n) is 3.17. The van der Waals surface area contributed by atoms with Crippen molar-refractivity contribution >= 4 is 5.91 Å². The van der Waals surface area contributed by atoms with Crippen LogP contribution in [0.4, 0.5) is 0 Å². The molecule has 0 heterocycles. The van der Waals surface area contributed by atoms with Crippen LogP contribution in [-0.2, 0) is 4.79 Å². The lowest BCUT2D eigenvalue weighted by Gasteiger charge is -2.49. The van der Waals surface area contributed by atoms with Gasteiger partial charge in [0.2, 0.25) is 5.91 Å². The van der Waals surface area contributed by atoms with Gasteiger partial charge in [0.1, 0.15) is 0 Å². The Bertz CT molecular complexity index is 239. The number of carbonyl (C=O) groups excluding carboxylic acids is 1. The van der Waals surface area contributed by atoms with E-state index in [0.717, 1.165) is 6.42 Å². The number of rotatable bonds is 4. The fraction of sp³-hybridized carbons (Fsp3) is 0.909. The highest BCUT2D eigenvalue weighted by atomic mass is 16.3. The van der Waals surface area contributed by atoms with Gasteiger partial charge in [-0.1, -0.05) is 13.8 Å². The fourth-order valence-corrected chi connectivity index (χ4v) is 1.84. The molecule has 0 aliphatic heterocycles. The Morgan fingerprint density at radius 1 is 1.53 bits per heavy atom. The molecule has 2 atom stereocenters. The largest absolute Gasteiger partial charge is 0.392 e. The first kappa shape index (κ1) is 12.5. The van der Waals surface area contributed by atoms with Crippen LogP contribution in [0.5, 0.6) is 0 Å². The maximum atomic E-state index is 11.4. The summed E-state index contributed by atoms with van der Waals surface area (Å²) in [5, 5.41) is 15.5. The number of nitrogens with one attached hydrogen (secondary N) is 2. The molecule has 4 heteroatoms. The molecule has 1 aliphatic carbocycles. The van der Waals surface area contributed by atoms with Crippen LogP contribution in [0.2, 0.25) is 0 Å². The number of aliphatic hydroxyl groups is 1.